The van der Waals surface area contributed by atoms with Crippen molar-refractivity contribution in [2.24, 2.45) is 0 Å². The molecule has 1 heteroatoms. The maximum absolute atomic E-state index is 2.46. The van der Waals surface area contributed by atoms with Gasteiger partial charge in [0.1, 0.15) is 0 Å². The first-order valence-corrected chi connectivity index (χ1v) is 15.7. The number of nitrogens with zero attached hydrogens (tertiary/aromatic N) is 1. The summed E-state index contributed by atoms with van der Waals surface area (Å²) in [6.45, 7) is 0. The zero-order valence-corrected chi connectivity index (χ0v) is 24.4. The Kier molecular flexibility index (Phi) is 4.38. The minimum Gasteiger partial charge on any atom is -0.309 e. The summed E-state index contributed by atoms with van der Waals surface area (Å²) < 4.78 is 2.46. The van der Waals surface area contributed by atoms with Crippen LogP contribution in [0.15, 0.2) is 152 Å². The van der Waals surface area contributed by atoms with E-state index in [9.17, 15) is 0 Å². The molecule has 0 atom stereocenters. The van der Waals surface area contributed by atoms with E-state index in [1.54, 1.807) is 0 Å². The molecule has 1 heterocycles. The number of hydrogen-bond donors (Lipinski definition) is 0. The van der Waals surface area contributed by atoms with Gasteiger partial charge in [-0.05, 0) is 108 Å². The molecule has 0 spiro atoms. The minimum atomic E-state index is 1.18. The summed E-state index contributed by atoms with van der Waals surface area (Å²) in [6.07, 6.45) is 0. The molecule has 9 aromatic rings. The maximum atomic E-state index is 2.46. The Morgan fingerprint density at radius 3 is 1.73 bits per heavy atom. The van der Waals surface area contributed by atoms with Crippen molar-refractivity contribution in [1.82, 2.24) is 4.57 Å². The number of hydrogen-bond acceptors (Lipinski definition) is 0. The highest BCUT2D eigenvalue weighted by Crippen LogP contribution is 2.51. The molecule has 0 bridgehead atoms. The molecule has 0 N–H and O–H groups in total. The van der Waals surface area contributed by atoms with Crippen molar-refractivity contribution in [3.63, 3.8) is 0 Å². The van der Waals surface area contributed by atoms with Gasteiger partial charge in [-0.1, -0.05) is 121 Å². The molecule has 0 radical (unpaired) electrons. The molecular weight excluding hydrogens is 542 g/mol. The summed E-state index contributed by atoms with van der Waals surface area (Å²) in [7, 11) is 0. The van der Waals surface area contributed by atoms with Crippen molar-refractivity contribution < 1.29 is 0 Å². The fourth-order valence-corrected chi connectivity index (χ4v) is 8.38. The van der Waals surface area contributed by atoms with Crippen LogP contribution in [0.4, 0.5) is 0 Å². The standard InChI is InChI=1S/C44H25N/c1-2-11-31-30(10-1)34-15-7-16-37-43(34)39(31)25-41-44(37)36-12-3-4-17-40(36)45(41)29-21-18-26(19-22-29)28-20-23-32-33-13-5-8-27-9-6-14-35(42(27)33)38(32)24-28/h1-25H. The second-order valence-corrected chi connectivity index (χ2v) is 12.5. The Labute approximate surface area is 260 Å². The van der Waals surface area contributed by atoms with Crippen LogP contribution in [0.2, 0.25) is 0 Å². The summed E-state index contributed by atoms with van der Waals surface area (Å²) in [5.74, 6) is 0. The van der Waals surface area contributed by atoms with E-state index in [0.717, 1.165) is 0 Å². The predicted octanol–water partition coefficient (Wildman–Crippen LogP) is 12.1. The first-order chi connectivity index (χ1) is 22.3. The maximum Gasteiger partial charge on any atom is 0.0553 e. The largest absolute Gasteiger partial charge is 0.309 e. The van der Waals surface area contributed by atoms with E-state index in [2.05, 4.69) is 156 Å². The summed E-state index contributed by atoms with van der Waals surface area (Å²) in [4.78, 5) is 0. The third-order valence-electron chi connectivity index (χ3n) is 10.3. The van der Waals surface area contributed by atoms with Crippen molar-refractivity contribution in [2.45, 2.75) is 0 Å². The van der Waals surface area contributed by atoms with Crippen LogP contribution in [0.25, 0.3) is 105 Å². The summed E-state index contributed by atoms with van der Waals surface area (Å²) >= 11 is 0. The fourth-order valence-electron chi connectivity index (χ4n) is 8.38. The molecule has 0 amide bonds. The van der Waals surface area contributed by atoms with E-state index < -0.39 is 0 Å². The van der Waals surface area contributed by atoms with Gasteiger partial charge in [0, 0.05) is 16.5 Å². The van der Waals surface area contributed by atoms with Crippen molar-refractivity contribution in [1.29, 1.82) is 0 Å². The summed E-state index contributed by atoms with van der Waals surface area (Å²) in [5.41, 5.74) is 16.8. The van der Waals surface area contributed by atoms with Gasteiger partial charge in [0.25, 0.3) is 0 Å². The van der Waals surface area contributed by atoms with E-state index in [-0.39, 0.29) is 0 Å². The lowest BCUT2D eigenvalue weighted by molar-refractivity contribution is 1.18. The number of benzene rings is 8. The van der Waals surface area contributed by atoms with Crippen LogP contribution in [-0.4, -0.2) is 4.57 Å². The Morgan fingerprint density at radius 2 is 0.911 bits per heavy atom. The van der Waals surface area contributed by atoms with Crippen LogP contribution in [0.1, 0.15) is 0 Å². The van der Waals surface area contributed by atoms with E-state index in [1.807, 2.05) is 0 Å². The molecule has 0 fully saturated rings. The summed E-state index contributed by atoms with van der Waals surface area (Å²) in [6, 6.07) is 56.4. The third-order valence-corrected chi connectivity index (χ3v) is 10.3. The van der Waals surface area contributed by atoms with Crippen LogP contribution >= 0.6 is 0 Å². The van der Waals surface area contributed by atoms with Crippen molar-refractivity contribution in [3.8, 4) is 61.3 Å². The van der Waals surface area contributed by atoms with Crippen LogP contribution < -0.4 is 0 Å². The van der Waals surface area contributed by atoms with Gasteiger partial charge in [-0.15, -0.1) is 0 Å². The average molecular weight is 568 g/mol. The molecule has 0 saturated carbocycles. The van der Waals surface area contributed by atoms with Crippen LogP contribution in [0.5, 0.6) is 0 Å². The van der Waals surface area contributed by atoms with E-state index >= 15 is 0 Å². The SMILES string of the molecule is c1ccc2c(c1)-c1cccc3c1c-2cc1c3c2ccccc2n1-c1ccc(-c2ccc3c(c2)-c2cccc4cccc-3c24)cc1. The first kappa shape index (κ1) is 23.5. The van der Waals surface area contributed by atoms with Gasteiger partial charge in [0.15, 0.2) is 0 Å². The lowest BCUT2D eigenvalue weighted by Crippen LogP contribution is -1.94. The molecule has 206 valence electrons. The molecule has 0 saturated heterocycles. The Bertz CT molecular complexity index is 2730. The van der Waals surface area contributed by atoms with Gasteiger partial charge < -0.3 is 4.57 Å². The van der Waals surface area contributed by atoms with Crippen molar-refractivity contribution in [3.05, 3.63) is 152 Å². The molecule has 0 aliphatic heterocycles. The second kappa shape index (κ2) is 8.37. The van der Waals surface area contributed by atoms with Crippen molar-refractivity contribution >= 4 is 43.4 Å². The number of rotatable bonds is 2. The number of fused-ring (bicyclic) bond motifs is 10. The van der Waals surface area contributed by atoms with Crippen LogP contribution in [0, 0.1) is 0 Å². The van der Waals surface area contributed by atoms with E-state index in [4.69, 9.17) is 0 Å². The van der Waals surface area contributed by atoms with E-state index in [0.29, 0.717) is 0 Å². The Balaban J connectivity index is 1.10. The van der Waals surface area contributed by atoms with Crippen LogP contribution in [0.3, 0.4) is 0 Å². The number of aromatic nitrogens is 1. The highest BCUT2D eigenvalue weighted by atomic mass is 15.0. The highest BCUT2D eigenvalue weighted by Gasteiger charge is 2.25. The zero-order valence-electron chi connectivity index (χ0n) is 24.4. The molecule has 1 aromatic heterocycles. The number of para-hydroxylation sites is 1. The van der Waals surface area contributed by atoms with Gasteiger partial charge in [-0.25, -0.2) is 0 Å². The molecular formula is C44H25N. The molecule has 8 aromatic carbocycles. The minimum absolute atomic E-state index is 1.18. The van der Waals surface area contributed by atoms with Gasteiger partial charge in [0.05, 0.1) is 11.0 Å². The quantitative estimate of drug-likeness (QED) is 0.196. The molecule has 2 aliphatic rings. The Morgan fingerprint density at radius 1 is 0.311 bits per heavy atom. The highest BCUT2D eigenvalue weighted by molar-refractivity contribution is 6.29. The fraction of sp³-hybridized carbons (Fsp3) is 0. The van der Waals surface area contributed by atoms with E-state index in [1.165, 1.54) is 105 Å². The predicted molar refractivity (Wildman–Crippen MR) is 190 cm³/mol. The van der Waals surface area contributed by atoms with Gasteiger partial charge in [-0.2, -0.15) is 0 Å². The first-order valence-electron chi connectivity index (χ1n) is 15.7. The molecule has 0 unspecified atom stereocenters. The smallest absolute Gasteiger partial charge is 0.0553 e. The summed E-state index contributed by atoms with van der Waals surface area (Å²) in [5, 5.41) is 8.01. The normalized spacial score (nSPS) is 12.4. The average Bonchev–Trinajstić information content (AvgIpc) is 3.73. The van der Waals surface area contributed by atoms with Gasteiger partial charge >= 0.3 is 0 Å². The topological polar surface area (TPSA) is 4.93 Å². The third kappa shape index (κ3) is 2.98. The molecule has 2 aliphatic carbocycles. The van der Waals surface area contributed by atoms with Crippen LogP contribution in [-0.2, 0) is 0 Å². The molecule has 45 heavy (non-hydrogen) atoms. The lowest BCUT2D eigenvalue weighted by Gasteiger charge is -2.12. The lowest BCUT2D eigenvalue weighted by atomic mass is 9.97. The second-order valence-electron chi connectivity index (χ2n) is 12.5. The molecule has 1 nitrogen and oxygen atoms in total. The monoisotopic (exact) mass is 567 g/mol. The van der Waals surface area contributed by atoms with Crippen molar-refractivity contribution in [2.75, 3.05) is 0 Å². The zero-order chi connectivity index (χ0) is 29.2. The van der Waals surface area contributed by atoms with Gasteiger partial charge in [-0.3, -0.25) is 0 Å². The molecule has 11 rings (SSSR count). The Hall–Kier alpha value is -5.92. The van der Waals surface area contributed by atoms with Gasteiger partial charge in [0.2, 0.25) is 0 Å².